The summed E-state index contributed by atoms with van der Waals surface area (Å²) in [5.41, 5.74) is 0.934. The number of amides is 1. The Morgan fingerprint density at radius 2 is 1.96 bits per heavy atom. The van der Waals surface area contributed by atoms with E-state index in [1.54, 1.807) is 12.1 Å². The van der Waals surface area contributed by atoms with E-state index in [0.717, 1.165) is 11.1 Å². The van der Waals surface area contributed by atoms with Gasteiger partial charge in [-0.15, -0.1) is 0 Å². The second-order valence-electron chi connectivity index (χ2n) is 5.45. The second-order valence-corrected chi connectivity index (χ2v) is 6.23. The summed E-state index contributed by atoms with van der Waals surface area (Å²) in [6.45, 7) is 0.176. The molecule has 5 nitrogen and oxygen atoms in total. The van der Waals surface area contributed by atoms with Crippen molar-refractivity contribution in [2.24, 2.45) is 0 Å². The van der Waals surface area contributed by atoms with Gasteiger partial charge in [-0.05, 0) is 40.1 Å². The normalized spacial score (nSPS) is 21.1. The van der Waals surface area contributed by atoms with Gasteiger partial charge in [0, 0.05) is 6.42 Å². The molecule has 1 amide bonds. The van der Waals surface area contributed by atoms with E-state index in [1.807, 2.05) is 29.0 Å². The van der Waals surface area contributed by atoms with Crippen LogP contribution in [0.5, 0.6) is 5.75 Å². The number of hydrogen-bond donors (Lipinski definition) is 2. The highest BCUT2D eigenvalue weighted by Gasteiger charge is 2.42. The van der Waals surface area contributed by atoms with E-state index >= 15 is 0 Å². The van der Waals surface area contributed by atoms with Crippen LogP contribution in [-0.2, 0) is 15.1 Å². The molecule has 2 aromatic rings. The Hall–Kier alpha value is -2.18. The molecule has 0 bridgehead atoms. The minimum absolute atomic E-state index is 0.0504. The number of carbonyl (C=O) groups excluding carboxylic acids is 2. The summed E-state index contributed by atoms with van der Waals surface area (Å²) in [5, 5.41) is 15.7. The number of piperidine rings is 1. The minimum atomic E-state index is -0.818. The molecular weight excluding hydrogens is 314 g/mol. The number of carbonyl (C=O) groups is 2. The van der Waals surface area contributed by atoms with Gasteiger partial charge < -0.3 is 15.2 Å². The second kappa shape index (κ2) is 6.52. The summed E-state index contributed by atoms with van der Waals surface area (Å²) < 4.78 is 5.36. The first-order valence-corrected chi connectivity index (χ1v) is 8.28. The van der Waals surface area contributed by atoms with Crippen LogP contribution in [0.15, 0.2) is 41.1 Å². The number of ether oxygens (including phenoxy) is 1. The summed E-state index contributed by atoms with van der Waals surface area (Å²) >= 11 is 1.53. The van der Waals surface area contributed by atoms with Crippen molar-refractivity contribution in [3.63, 3.8) is 0 Å². The summed E-state index contributed by atoms with van der Waals surface area (Å²) in [6, 6.07) is 9.20. The maximum Gasteiger partial charge on any atom is 0.228 e. The van der Waals surface area contributed by atoms with Crippen LogP contribution in [0.3, 0.4) is 0 Å². The number of Topliss-reactive ketones (excluding diaryl/α,β-unsaturated/α-hetero) is 1. The van der Waals surface area contributed by atoms with Gasteiger partial charge >= 0.3 is 0 Å². The third kappa shape index (κ3) is 3.13. The first-order chi connectivity index (χ1) is 11.1. The average molecular weight is 331 g/mol. The molecule has 2 N–H and O–H groups in total. The summed E-state index contributed by atoms with van der Waals surface area (Å²) in [4.78, 5) is 24.0. The van der Waals surface area contributed by atoms with Gasteiger partial charge in [0.2, 0.25) is 5.91 Å². The van der Waals surface area contributed by atoms with E-state index in [0.29, 0.717) is 5.75 Å². The zero-order chi connectivity index (χ0) is 16.3. The SMILES string of the molecule is O=C1CC(=O)NC(c2ccc(OCCO)cc2)(c2ccsc2)C1. The van der Waals surface area contributed by atoms with E-state index in [9.17, 15) is 9.59 Å². The molecule has 6 heteroatoms. The highest BCUT2D eigenvalue weighted by molar-refractivity contribution is 7.08. The van der Waals surface area contributed by atoms with Gasteiger partial charge in [-0.2, -0.15) is 11.3 Å². The number of rotatable bonds is 5. The van der Waals surface area contributed by atoms with Crippen LogP contribution in [0.1, 0.15) is 24.0 Å². The predicted octanol–water partition coefficient (Wildman–Crippen LogP) is 1.84. The van der Waals surface area contributed by atoms with Crippen molar-refractivity contribution >= 4 is 23.0 Å². The third-order valence-corrected chi connectivity index (χ3v) is 4.58. The van der Waals surface area contributed by atoms with Gasteiger partial charge in [0.15, 0.2) is 0 Å². The van der Waals surface area contributed by atoms with Gasteiger partial charge in [-0.3, -0.25) is 9.59 Å². The Balaban J connectivity index is 1.99. The van der Waals surface area contributed by atoms with Crippen molar-refractivity contribution in [2.75, 3.05) is 13.2 Å². The van der Waals surface area contributed by atoms with E-state index < -0.39 is 5.54 Å². The molecule has 3 rings (SSSR count). The lowest BCUT2D eigenvalue weighted by Crippen LogP contribution is -2.52. The first kappa shape index (κ1) is 15.7. The average Bonchev–Trinajstić information content (AvgIpc) is 3.07. The standard InChI is InChI=1S/C17H17NO4S/c19-6-7-22-15-3-1-12(2-4-15)17(13-5-8-23-11-13)10-14(20)9-16(21)18-17/h1-5,8,11,19H,6-7,9-10H2,(H,18,21). The number of aliphatic hydroxyl groups excluding tert-OH is 1. The monoisotopic (exact) mass is 331 g/mol. The topological polar surface area (TPSA) is 75.6 Å². The number of hydrogen-bond acceptors (Lipinski definition) is 5. The van der Waals surface area contributed by atoms with Crippen LogP contribution in [-0.4, -0.2) is 30.0 Å². The van der Waals surface area contributed by atoms with Crippen LogP contribution in [0.4, 0.5) is 0 Å². The lowest BCUT2D eigenvalue weighted by molar-refractivity contribution is -0.133. The maximum atomic E-state index is 12.1. The number of aliphatic hydroxyl groups is 1. The molecule has 0 spiro atoms. The lowest BCUT2D eigenvalue weighted by Gasteiger charge is -2.37. The van der Waals surface area contributed by atoms with Crippen molar-refractivity contribution < 1.29 is 19.4 Å². The molecule has 1 aliphatic heterocycles. The molecule has 1 saturated heterocycles. The summed E-state index contributed by atoms with van der Waals surface area (Å²) in [7, 11) is 0. The molecule has 1 unspecified atom stereocenters. The molecule has 0 radical (unpaired) electrons. The fraction of sp³-hybridized carbons (Fsp3) is 0.294. The number of benzene rings is 1. The zero-order valence-electron chi connectivity index (χ0n) is 12.5. The van der Waals surface area contributed by atoms with Crippen molar-refractivity contribution in [3.8, 4) is 5.75 Å². The Bertz CT molecular complexity index is 678. The van der Waals surface area contributed by atoms with E-state index in [4.69, 9.17) is 9.84 Å². The number of nitrogens with one attached hydrogen (secondary N) is 1. The Labute approximate surface area is 137 Å². The quantitative estimate of drug-likeness (QED) is 0.820. The van der Waals surface area contributed by atoms with Crippen LogP contribution < -0.4 is 10.1 Å². The lowest BCUT2D eigenvalue weighted by atomic mass is 9.77. The molecule has 0 aliphatic carbocycles. The van der Waals surface area contributed by atoms with Crippen LogP contribution in [0.2, 0.25) is 0 Å². The summed E-state index contributed by atoms with van der Waals surface area (Å²) in [5.74, 6) is 0.311. The van der Waals surface area contributed by atoms with Gasteiger partial charge in [-0.1, -0.05) is 12.1 Å². The molecule has 0 saturated carbocycles. The van der Waals surface area contributed by atoms with Gasteiger partial charge in [0.1, 0.15) is 18.1 Å². The van der Waals surface area contributed by atoms with Gasteiger partial charge in [0.25, 0.3) is 0 Å². The Morgan fingerprint density at radius 1 is 1.17 bits per heavy atom. The fourth-order valence-corrected chi connectivity index (χ4v) is 3.62. The highest BCUT2D eigenvalue weighted by Crippen LogP contribution is 2.37. The van der Waals surface area contributed by atoms with Crippen LogP contribution >= 0.6 is 11.3 Å². The molecular formula is C17H17NO4S. The smallest absolute Gasteiger partial charge is 0.228 e. The third-order valence-electron chi connectivity index (χ3n) is 3.89. The molecule has 2 heterocycles. The molecule has 1 atom stereocenters. The Kier molecular flexibility index (Phi) is 4.45. The van der Waals surface area contributed by atoms with Gasteiger partial charge in [-0.25, -0.2) is 0 Å². The molecule has 23 heavy (non-hydrogen) atoms. The van der Waals surface area contributed by atoms with Gasteiger partial charge in [0.05, 0.1) is 18.6 Å². The van der Waals surface area contributed by atoms with E-state index in [-0.39, 0.29) is 37.7 Å². The van der Waals surface area contributed by atoms with Crippen molar-refractivity contribution in [1.82, 2.24) is 5.32 Å². The van der Waals surface area contributed by atoms with Crippen LogP contribution in [0, 0.1) is 0 Å². The van der Waals surface area contributed by atoms with Crippen LogP contribution in [0.25, 0.3) is 0 Å². The van der Waals surface area contributed by atoms with E-state index in [2.05, 4.69) is 5.32 Å². The zero-order valence-corrected chi connectivity index (χ0v) is 13.3. The first-order valence-electron chi connectivity index (χ1n) is 7.33. The Morgan fingerprint density at radius 3 is 2.57 bits per heavy atom. The molecule has 1 aromatic carbocycles. The fourth-order valence-electron chi connectivity index (χ4n) is 2.89. The maximum absolute atomic E-state index is 12.1. The predicted molar refractivity (Wildman–Crippen MR) is 86.5 cm³/mol. The molecule has 1 fully saturated rings. The summed E-state index contributed by atoms with van der Waals surface area (Å²) in [6.07, 6.45) is 0.176. The number of ketones is 1. The minimum Gasteiger partial charge on any atom is -0.491 e. The van der Waals surface area contributed by atoms with Crippen molar-refractivity contribution in [3.05, 3.63) is 52.2 Å². The molecule has 1 aromatic heterocycles. The highest BCUT2D eigenvalue weighted by atomic mass is 32.1. The van der Waals surface area contributed by atoms with E-state index in [1.165, 1.54) is 11.3 Å². The molecule has 120 valence electrons. The molecule has 1 aliphatic rings. The number of thiophene rings is 1. The van der Waals surface area contributed by atoms with Crippen molar-refractivity contribution in [2.45, 2.75) is 18.4 Å². The van der Waals surface area contributed by atoms with Crippen molar-refractivity contribution in [1.29, 1.82) is 0 Å². The largest absolute Gasteiger partial charge is 0.491 e.